The maximum atomic E-state index is 13.0. The number of para-hydroxylation sites is 1. The number of carbonyl (C=O) groups is 1. The lowest BCUT2D eigenvalue weighted by Gasteiger charge is -2.13. The molecule has 168 valence electrons. The summed E-state index contributed by atoms with van der Waals surface area (Å²) in [5.41, 5.74) is 1.23. The number of nitrogens with one attached hydrogen (secondary N) is 1. The fourth-order valence-corrected chi connectivity index (χ4v) is 4.25. The summed E-state index contributed by atoms with van der Waals surface area (Å²) in [6, 6.07) is 11.8. The third-order valence-corrected chi connectivity index (χ3v) is 6.15. The molecule has 8 nitrogen and oxygen atoms in total. The van der Waals surface area contributed by atoms with E-state index in [4.69, 9.17) is 0 Å². The second-order valence-corrected chi connectivity index (χ2v) is 8.42. The zero-order valence-electron chi connectivity index (χ0n) is 18.2. The normalized spacial score (nSPS) is 10.9. The van der Waals surface area contributed by atoms with Crippen LogP contribution in [0.1, 0.15) is 38.2 Å². The summed E-state index contributed by atoms with van der Waals surface area (Å²) >= 11 is 1.19. The van der Waals surface area contributed by atoms with E-state index in [1.54, 1.807) is 29.7 Å². The van der Waals surface area contributed by atoms with Gasteiger partial charge in [-0.2, -0.15) is 0 Å². The van der Waals surface area contributed by atoms with Crippen LogP contribution in [0.3, 0.4) is 0 Å². The molecule has 0 saturated carbocycles. The Kier molecular flexibility index (Phi) is 7.99. The number of thioether (sulfide) groups is 1. The van der Waals surface area contributed by atoms with E-state index in [1.165, 1.54) is 23.9 Å². The molecule has 1 heterocycles. The number of fused-ring (bicyclic) bond motifs is 1. The van der Waals surface area contributed by atoms with Gasteiger partial charge in [-0.25, -0.2) is 4.98 Å². The van der Waals surface area contributed by atoms with Crippen molar-refractivity contribution in [3.8, 4) is 0 Å². The molecule has 0 atom stereocenters. The monoisotopic (exact) mass is 454 g/mol. The minimum atomic E-state index is -0.476. The Balaban J connectivity index is 1.79. The zero-order chi connectivity index (χ0) is 23.1. The predicted molar refractivity (Wildman–Crippen MR) is 127 cm³/mol. The SMILES string of the molecule is CCCCCCn1c(SCC(=O)Nc2cccc([N+](=O)[O-])c2C)nc2ccccc2c1=O. The predicted octanol–water partition coefficient (Wildman–Crippen LogP) is 4.92. The van der Waals surface area contributed by atoms with E-state index < -0.39 is 4.92 Å². The van der Waals surface area contributed by atoms with Gasteiger partial charge >= 0.3 is 0 Å². The Labute approximate surface area is 190 Å². The van der Waals surface area contributed by atoms with Crippen LogP contribution in [0.4, 0.5) is 11.4 Å². The number of hydrogen-bond acceptors (Lipinski definition) is 6. The molecule has 0 unspecified atom stereocenters. The number of rotatable bonds is 10. The van der Waals surface area contributed by atoms with E-state index in [0.29, 0.717) is 33.9 Å². The minimum Gasteiger partial charge on any atom is -0.325 e. The molecule has 1 aromatic heterocycles. The smallest absolute Gasteiger partial charge is 0.274 e. The van der Waals surface area contributed by atoms with E-state index in [0.717, 1.165) is 25.7 Å². The molecular formula is C23H26N4O4S. The molecular weight excluding hydrogens is 428 g/mol. The summed E-state index contributed by atoms with van der Waals surface area (Å²) in [5.74, 6) is -0.291. The Morgan fingerprint density at radius 3 is 2.69 bits per heavy atom. The average Bonchev–Trinajstić information content (AvgIpc) is 2.78. The second-order valence-electron chi connectivity index (χ2n) is 7.47. The van der Waals surface area contributed by atoms with Gasteiger partial charge < -0.3 is 5.32 Å². The zero-order valence-corrected chi connectivity index (χ0v) is 19.0. The van der Waals surface area contributed by atoms with Crippen molar-refractivity contribution in [1.29, 1.82) is 0 Å². The van der Waals surface area contributed by atoms with E-state index >= 15 is 0 Å². The van der Waals surface area contributed by atoms with Crippen molar-refractivity contribution in [3.63, 3.8) is 0 Å². The quantitative estimate of drug-likeness (QED) is 0.153. The molecule has 0 saturated heterocycles. The highest BCUT2D eigenvalue weighted by atomic mass is 32.2. The van der Waals surface area contributed by atoms with Crippen molar-refractivity contribution >= 4 is 39.9 Å². The maximum absolute atomic E-state index is 13.0. The molecule has 0 spiro atoms. The summed E-state index contributed by atoms with van der Waals surface area (Å²) in [7, 11) is 0. The lowest BCUT2D eigenvalue weighted by atomic mass is 10.1. The van der Waals surface area contributed by atoms with Gasteiger partial charge in [0.2, 0.25) is 5.91 Å². The molecule has 3 aromatic rings. The van der Waals surface area contributed by atoms with Crippen molar-refractivity contribution in [3.05, 3.63) is 68.5 Å². The molecule has 0 aliphatic rings. The molecule has 1 amide bonds. The fraction of sp³-hybridized carbons (Fsp3) is 0.348. The summed E-state index contributed by atoms with van der Waals surface area (Å²) in [6.45, 7) is 4.27. The van der Waals surface area contributed by atoms with Crippen LogP contribution in [0.5, 0.6) is 0 Å². The Morgan fingerprint density at radius 2 is 1.94 bits per heavy atom. The van der Waals surface area contributed by atoms with Crippen molar-refractivity contribution in [2.45, 2.75) is 51.2 Å². The molecule has 0 aliphatic carbocycles. The first-order chi connectivity index (χ1) is 15.4. The standard InChI is InChI=1S/C23H26N4O4S/c1-3-4-5-8-14-26-22(29)17-10-6-7-11-19(17)25-23(26)32-15-21(28)24-18-12-9-13-20(16(18)2)27(30)31/h6-7,9-13H,3-5,8,14-15H2,1-2H3,(H,24,28). The van der Waals surface area contributed by atoms with Gasteiger partial charge in [-0.15, -0.1) is 0 Å². The highest BCUT2D eigenvalue weighted by Gasteiger charge is 2.16. The van der Waals surface area contributed by atoms with E-state index in [2.05, 4.69) is 17.2 Å². The molecule has 2 aromatic carbocycles. The van der Waals surface area contributed by atoms with Crippen molar-refractivity contribution < 1.29 is 9.72 Å². The number of aromatic nitrogens is 2. The number of benzene rings is 2. The number of anilines is 1. The van der Waals surface area contributed by atoms with Gasteiger partial charge in [-0.3, -0.25) is 24.3 Å². The average molecular weight is 455 g/mol. The van der Waals surface area contributed by atoms with Gasteiger partial charge in [0, 0.05) is 12.6 Å². The van der Waals surface area contributed by atoms with E-state index in [1.807, 2.05) is 12.1 Å². The first-order valence-electron chi connectivity index (χ1n) is 10.6. The van der Waals surface area contributed by atoms with Crippen LogP contribution in [0, 0.1) is 17.0 Å². The molecule has 0 aliphatic heterocycles. The third kappa shape index (κ3) is 5.53. The van der Waals surface area contributed by atoms with Crippen LogP contribution >= 0.6 is 11.8 Å². The maximum Gasteiger partial charge on any atom is 0.274 e. The molecule has 0 bridgehead atoms. The van der Waals surface area contributed by atoms with Crippen LogP contribution in [0.25, 0.3) is 10.9 Å². The van der Waals surface area contributed by atoms with Crippen LogP contribution in [-0.4, -0.2) is 26.1 Å². The molecule has 0 fully saturated rings. The third-order valence-electron chi connectivity index (χ3n) is 5.17. The Morgan fingerprint density at radius 1 is 1.16 bits per heavy atom. The highest BCUT2D eigenvalue weighted by Crippen LogP contribution is 2.25. The topological polar surface area (TPSA) is 107 Å². The van der Waals surface area contributed by atoms with Crippen LogP contribution < -0.4 is 10.9 Å². The number of unbranched alkanes of at least 4 members (excludes halogenated alkanes) is 3. The number of hydrogen-bond donors (Lipinski definition) is 1. The van der Waals surface area contributed by atoms with Crippen LogP contribution in [0.15, 0.2) is 52.4 Å². The first kappa shape index (κ1) is 23.5. The van der Waals surface area contributed by atoms with Crippen molar-refractivity contribution in [2.24, 2.45) is 0 Å². The first-order valence-corrected chi connectivity index (χ1v) is 11.6. The van der Waals surface area contributed by atoms with Gasteiger partial charge in [-0.1, -0.05) is 56.1 Å². The van der Waals surface area contributed by atoms with E-state index in [9.17, 15) is 19.7 Å². The number of amides is 1. The van der Waals surface area contributed by atoms with Crippen LogP contribution in [0.2, 0.25) is 0 Å². The Hall–Kier alpha value is -3.20. The number of carbonyl (C=O) groups excluding carboxylic acids is 1. The highest BCUT2D eigenvalue weighted by molar-refractivity contribution is 7.99. The molecule has 0 radical (unpaired) electrons. The largest absolute Gasteiger partial charge is 0.325 e. The minimum absolute atomic E-state index is 0.0296. The number of nitro benzene ring substituents is 1. The van der Waals surface area contributed by atoms with Gasteiger partial charge in [0.1, 0.15) is 0 Å². The Bertz CT molecular complexity index is 1190. The van der Waals surface area contributed by atoms with Gasteiger partial charge in [-0.05, 0) is 31.5 Å². The lowest BCUT2D eigenvalue weighted by Crippen LogP contribution is -2.24. The number of nitro groups is 1. The van der Waals surface area contributed by atoms with Crippen molar-refractivity contribution in [2.75, 3.05) is 11.1 Å². The molecule has 3 rings (SSSR count). The summed E-state index contributed by atoms with van der Waals surface area (Å²) < 4.78 is 1.65. The van der Waals surface area contributed by atoms with Crippen LogP contribution in [-0.2, 0) is 11.3 Å². The fourth-order valence-electron chi connectivity index (χ4n) is 3.42. The lowest BCUT2D eigenvalue weighted by molar-refractivity contribution is -0.385. The second kappa shape index (κ2) is 10.9. The van der Waals surface area contributed by atoms with E-state index in [-0.39, 0.29) is 22.9 Å². The summed E-state index contributed by atoms with van der Waals surface area (Å²) in [6.07, 6.45) is 4.08. The van der Waals surface area contributed by atoms with Gasteiger partial charge in [0.05, 0.1) is 32.8 Å². The molecule has 9 heteroatoms. The van der Waals surface area contributed by atoms with Gasteiger partial charge in [0.15, 0.2) is 5.16 Å². The summed E-state index contributed by atoms with van der Waals surface area (Å²) in [4.78, 5) is 40.9. The van der Waals surface area contributed by atoms with Gasteiger partial charge in [0.25, 0.3) is 11.2 Å². The summed E-state index contributed by atoms with van der Waals surface area (Å²) in [5, 5.41) is 14.9. The molecule has 32 heavy (non-hydrogen) atoms. The number of nitrogens with zero attached hydrogens (tertiary/aromatic N) is 3. The van der Waals surface area contributed by atoms with Crippen molar-refractivity contribution in [1.82, 2.24) is 9.55 Å². The molecule has 1 N–H and O–H groups in total.